The summed E-state index contributed by atoms with van der Waals surface area (Å²) in [7, 11) is 0. The molecule has 0 saturated carbocycles. The maximum atomic E-state index is 13.0. The molecule has 1 aromatic heterocycles. The largest absolute Gasteiger partial charge is 0.493 e. The number of ether oxygens (including phenoxy) is 2. The lowest BCUT2D eigenvalue weighted by molar-refractivity contribution is -0.114. The fourth-order valence-corrected chi connectivity index (χ4v) is 5.77. The summed E-state index contributed by atoms with van der Waals surface area (Å²) >= 11 is 0. The molecule has 8 heteroatoms. The summed E-state index contributed by atoms with van der Waals surface area (Å²) in [4.78, 5) is 28.4. The molecule has 1 aliphatic heterocycles. The molecule has 6 rings (SSSR count). The van der Waals surface area contributed by atoms with Crippen molar-refractivity contribution in [3.63, 3.8) is 0 Å². The van der Waals surface area contributed by atoms with E-state index in [0.29, 0.717) is 36.4 Å². The third kappa shape index (κ3) is 7.21. The van der Waals surface area contributed by atoms with Crippen molar-refractivity contribution < 1.29 is 19.1 Å². The van der Waals surface area contributed by atoms with Gasteiger partial charge in [-0.2, -0.15) is 5.10 Å². The van der Waals surface area contributed by atoms with Crippen LogP contribution in [0.15, 0.2) is 89.9 Å². The van der Waals surface area contributed by atoms with Gasteiger partial charge in [0.2, 0.25) is 0 Å². The molecule has 1 saturated heterocycles. The molecule has 2 heterocycles. The number of allylic oxidation sites excluding steroid dienone is 4. The molecule has 8 nitrogen and oxygen atoms in total. The molecule has 222 valence electrons. The molecular formula is C35H38N4O4. The number of rotatable bonds is 10. The van der Waals surface area contributed by atoms with Crippen molar-refractivity contribution in [2.24, 2.45) is 5.41 Å². The Morgan fingerprint density at radius 3 is 2.72 bits per heavy atom. The summed E-state index contributed by atoms with van der Waals surface area (Å²) in [6.45, 7) is 10.1. The first-order valence-electron chi connectivity index (χ1n) is 14.9. The van der Waals surface area contributed by atoms with Gasteiger partial charge in [-0.15, -0.1) is 0 Å². The van der Waals surface area contributed by atoms with Crippen LogP contribution >= 0.6 is 0 Å². The van der Waals surface area contributed by atoms with E-state index in [4.69, 9.17) is 9.47 Å². The fourth-order valence-electron chi connectivity index (χ4n) is 5.77. The predicted molar refractivity (Wildman–Crippen MR) is 166 cm³/mol. The Kier molecular flexibility index (Phi) is 8.40. The van der Waals surface area contributed by atoms with Crippen LogP contribution in [0.5, 0.6) is 5.75 Å². The first-order chi connectivity index (χ1) is 20.8. The lowest BCUT2D eigenvalue weighted by Crippen LogP contribution is -2.43. The maximum absolute atomic E-state index is 13.0. The highest BCUT2D eigenvalue weighted by Gasteiger charge is 2.26. The van der Waals surface area contributed by atoms with Crippen LogP contribution in [0.25, 0.3) is 6.08 Å². The molecule has 1 N–H and O–H groups in total. The minimum Gasteiger partial charge on any atom is -0.493 e. The summed E-state index contributed by atoms with van der Waals surface area (Å²) < 4.78 is 13.5. The number of nitrogens with one attached hydrogen (secondary N) is 1. The summed E-state index contributed by atoms with van der Waals surface area (Å²) in [6, 6.07) is 16.1. The zero-order chi connectivity index (χ0) is 29.8. The average Bonchev–Trinajstić information content (AvgIpc) is 3.65. The molecule has 43 heavy (non-hydrogen) atoms. The van der Waals surface area contributed by atoms with Crippen LogP contribution in [0.3, 0.4) is 0 Å². The van der Waals surface area contributed by atoms with Gasteiger partial charge in [-0.3, -0.25) is 19.2 Å². The number of carbonyl (C=O) groups excluding carboxylic acids is 2. The standard InChI is InChI=1S/C35H38N4O4/c1-35(2,23-38-12-14-42-15-13-38)24-43-31-10-8-26-16-28(17-27(26)18-31)32-19-30(9-11-33(32)40)37-34(41)29-20-36-39(22-29)21-25-6-4-3-5-7-25/h3-10,17-20,22H,11-16,21,23-24H2,1-2H3,(H,37,41). The van der Waals surface area contributed by atoms with Gasteiger partial charge in [-0.1, -0.05) is 62.4 Å². The van der Waals surface area contributed by atoms with E-state index < -0.39 is 0 Å². The van der Waals surface area contributed by atoms with Gasteiger partial charge in [0.1, 0.15) is 5.75 Å². The van der Waals surface area contributed by atoms with E-state index in [1.54, 1.807) is 29.2 Å². The van der Waals surface area contributed by atoms with Gasteiger partial charge in [0, 0.05) is 48.9 Å². The number of morpholine rings is 1. The predicted octanol–water partition coefficient (Wildman–Crippen LogP) is 4.82. The molecule has 0 unspecified atom stereocenters. The van der Waals surface area contributed by atoms with E-state index in [0.717, 1.165) is 60.9 Å². The minimum absolute atomic E-state index is 0.00439. The third-order valence-corrected chi connectivity index (χ3v) is 8.01. The van der Waals surface area contributed by atoms with Gasteiger partial charge in [0.05, 0.1) is 38.1 Å². The van der Waals surface area contributed by atoms with Crippen LogP contribution in [0, 0.1) is 5.41 Å². The Morgan fingerprint density at radius 1 is 1.09 bits per heavy atom. The van der Waals surface area contributed by atoms with E-state index in [1.807, 2.05) is 36.4 Å². The van der Waals surface area contributed by atoms with Crippen molar-refractivity contribution in [2.75, 3.05) is 39.5 Å². The highest BCUT2D eigenvalue weighted by atomic mass is 16.5. The molecule has 0 radical (unpaired) electrons. The van der Waals surface area contributed by atoms with Gasteiger partial charge in [-0.25, -0.2) is 0 Å². The number of hydrogen-bond acceptors (Lipinski definition) is 6. The van der Waals surface area contributed by atoms with Crippen LogP contribution in [0.1, 0.15) is 47.3 Å². The number of nitrogens with zero attached hydrogens (tertiary/aromatic N) is 3. The zero-order valence-corrected chi connectivity index (χ0v) is 24.8. The molecule has 3 aromatic rings. The smallest absolute Gasteiger partial charge is 0.258 e. The van der Waals surface area contributed by atoms with E-state index in [-0.39, 0.29) is 23.5 Å². The number of amides is 1. The number of hydrogen-bond donors (Lipinski definition) is 1. The number of carbonyl (C=O) groups is 2. The Morgan fingerprint density at radius 2 is 1.91 bits per heavy atom. The summed E-state index contributed by atoms with van der Waals surface area (Å²) in [6.07, 6.45) is 9.85. The Bertz CT molecular complexity index is 1590. The third-order valence-electron chi connectivity index (χ3n) is 8.01. The molecule has 1 amide bonds. The van der Waals surface area contributed by atoms with Crippen LogP contribution in [-0.2, 0) is 22.5 Å². The highest BCUT2D eigenvalue weighted by molar-refractivity contribution is 6.04. The molecule has 2 aromatic carbocycles. The minimum atomic E-state index is -0.252. The van der Waals surface area contributed by atoms with E-state index in [2.05, 4.69) is 47.4 Å². The number of benzene rings is 2. The second-order valence-electron chi connectivity index (χ2n) is 12.3. The molecule has 3 aliphatic rings. The zero-order valence-electron chi connectivity index (χ0n) is 24.8. The van der Waals surface area contributed by atoms with Crippen LogP contribution in [-0.4, -0.2) is 65.8 Å². The number of ketones is 1. The summed E-state index contributed by atoms with van der Waals surface area (Å²) in [5, 5.41) is 7.30. The molecule has 1 fully saturated rings. The molecule has 0 atom stereocenters. The normalized spacial score (nSPS) is 17.2. The lowest BCUT2D eigenvalue weighted by atomic mass is 9.93. The van der Waals surface area contributed by atoms with E-state index in [1.165, 1.54) is 0 Å². The summed E-state index contributed by atoms with van der Waals surface area (Å²) in [5.41, 5.74) is 6.03. The van der Waals surface area contributed by atoms with Gasteiger partial charge in [0.15, 0.2) is 5.78 Å². The molecular weight excluding hydrogens is 540 g/mol. The van der Waals surface area contributed by atoms with Crippen molar-refractivity contribution in [1.82, 2.24) is 20.0 Å². The quantitative estimate of drug-likeness (QED) is 0.371. The molecule has 0 bridgehead atoms. The van der Waals surface area contributed by atoms with Crippen LogP contribution < -0.4 is 10.1 Å². The van der Waals surface area contributed by atoms with Crippen LogP contribution in [0.2, 0.25) is 0 Å². The molecule has 0 spiro atoms. The highest BCUT2D eigenvalue weighted by Crippen LogP contribution is 2.34. The van der Waals surface area contributed by atoms with Crippen molar-refractivity contribution in [1.29, 1.82) is 0 Å². The first-order valence-corrected chi connectivity index (χ1v) is 14.9. The summed E-state index contributed by atoms with van der Waals surface area (Å²) in [5.74, 6) is 0.627. The first kappa shape index (κ1) is 28.8. The second-order valence-corrected chi connectivity index (χ2v) is 12.3. The van der Waals surface area contributed by atoms with Gasteiger partial charge >= 0.3 is 0 Å². The van der Waals surface area contributed by atoms with E-state index >= 15 is 0 Å². The van der Waals surface area contributed by atoms with Crippen molar-refractivity contribution >= 4 is 17.8 Å². The fraction of sp³-hybridized carbons (Fsp3) is 0.343. The number of fused-ring (bicyclic) bond motifs is 1. The van der Waals surface area contributed by atoms with Crippen molar-refractivity contribution in [3.05, 3.63) is 112 Å². The van der Waals surface area contributed by atoms with E-state index in [9.17, 15) is 9.59 Å². The molecule has 2 aliphatic carbocycles. The monoisotopic (exact) mass is 578 g/mol. The maximum Gasteiger partial charge on any atom is 0.258 e. The second kappa shape index (κ2) is 12.5. The number of aromatic nitrogens is 2. The number of Topliss-reactive ketones (excluding diaryl/α,β-unsaturated/α-hetero) is 1. The lowest BCUT2D eigenvalue weighted by Gasteiger charge is -2.34. The van der Waals surface area contributed by atoms with Crippen LogP contribution in [0.4, 0.5) is 0 Å². The topological polar surface area (TPSA) is 85.7 Å². The van der Waals surface area contributed by atoms with Gasteiger partial charge in [-0.05, 0) is 46.9 Å². The SMILES string of the molecule is CC(C)(COc1ccc2c(c1)C=C(C1=CC(NC(=O)c3cnn(Cc4ccccc4)c3)=CCC1=O)C2)CN1CCOCC1. The van der Waals surface area contributed by atoms with Crippen molar-refractivity contribution in [2.45, 2.75) is 33.2 Å². The van der Waals surface area contributed by atoms with Gasteiger partial charge in [0.25, 0.3) is 5.91 Å². The Hall–Kier alpha value is -4.27. The Balaban J connectivity index is 1.08. The van der Waals surface area contributed by atoms with Gasteiger partial charge < -0.3 is 14.8 Å². The average molecular weight is 579 g/mol. The van der Waals surface area contributed by atoms with Crippen molar-refractivity contribution in [3.8, 4) is 5.75 Å². The Labute approximate surface area is 252 Å².